The first-order chi connectivity index (χ1) is 7.20. The molecular weight excluding hydrogens is 194 g/mol. The number of likely N-dealkylation sites (tertiary alicyclic amines) is 1. The first kappa shape index (κ1) is 11.8. The summed E-state index contributed by atoms with van der Waals surface area (Å²) in [4.78, 5) is 13.8. The van der Waals surface area contributed by atoms with E-state index in [0.29, 0.717) is 6.42 Å². The van der Waals surface area contributed by atoms with Crippen molar-refractivity contribution < 1.29 is 10.0 Å². The third kappa shape index (κ3) is 2.84. The van der Waals surface area contributed by atoms with Crippen LogP contribution in [0.2, 0.25) is 0 Å². The topological polar surface area (TPSA) is 78.9 Å². The molecule has 1 fully saturated rings. The van der Waals surface area contributed by atoms with Crippen molar-refractivity contribution in [2.24, 2.45) is 16.8 Å². The summed E-state index contributed by atoms with van der Waals surface area (Å²) in [5.74, 6) is -0.450. The van der Waals surface area contributed by atoms with Crippen molar-refractivity contribution in [3.63, 3.8) is 0 Å². The zero-order chi connectivity index (χ0) is 11.3. The molecule has 1 unspecified atom stereocenters. The van der Waals surface area contributed by atoms with E-state index in [1.165, 1.54) is 6.42 Å². The van der Waals surface area contributed by atoms with Gasteiger partial charge >= 0.3 is 0 Å². The molecule has 0 aromatic rings. The zero-order valence-electron chi connectivity index (χ0n) is 9.15. The van der Waals surface area contributed by atoms with Crippen LogP contribution in [0.5, 0.6) is 0 Å². The first-order valence-corrected chi connectivity index (χ1v) is 5.47. The Morgan fingerprint density at radius 1 is 1.47 bits per heavy atom. The molecule has 1 atom stereocenters. The van der Waals surface area contributed by atoms with Gasteiger partial charge in [0.1, 0.15) is 0 Å². The molecule has 86 valence electrons. The maximum Gasteiger partial charge on any atom is 0.233 e. The molecule has 3 N–H and O–H groups in total. The summed E-state index contributed by atoms with van der Waals surface area (Å²) in [5.41, 5.74) is 5.49. The number of hydrogen-bond acceptors (Lipinski definition) is 3. The minimum Gasteiger partial charge on any atom is -0.409 e. The number of amides is 1. The molecule has 1 aliphatic rings. The van der Waals surface area contributed by atoms with Crippen LogP contribution in [0.25, 0.3) is 0 Å². The average Bonchev–Trinajstić information content (AvgIpc) is 2.30. The second-order valence-corrected chi connectivity index (χ2v) is 3.87. The van der Waals surface area contributed by atoms with Gasteiger partial charge in [-0.2, -0.15) is 0 Å². The third-order valence-electron chi connectivity index (χ3n) is 2.85. The van der Waals surface area contributed by atoms with Crippen molar-refractivity contribution in [2.75, 3.05) is 13.1 Å². The molecule has 0 spiro atoms. The zero-order valence-corrected chi connectivity index (χ0v) is 9.15. The number of carbonyl (C=O) groups excluding carboxylic acids is 1. The minimum atomic E-state index is -0.465. The van der Waals surface area contributed by atoms with Crippen LogP contribution in [0, 0.1) is 5.92 Å². The lowest BCUT2D eigenvalue weighted by Gasteiger charge is -2.29. The van der Waals surface area contributed by atoms with E-state index in [1.807, 2.05) is 11.8 Å². The van der Waals surface area contributed by atoms with Crippen molar-refractivity contribution in [1.82, 2.24) is 4.90 Å². The number of rotatable bonds is 3. The Balaban J connectivity index is 2.63. The van der Waals surface area contributed by atoms with Gasteiger partial charge in [-0.15, -0.1) is 0 Å². The average molecular weight is 213 g/mol. The van der Waals surface area contributed by atoms with E-state index in [2.05, 4.69) is 5.16 Å². The van der Waals surface area contributed by atoms with Gasteiger partial charge in [-0.05, 0) is 25.7 Å². The lowest BCUT2D eigenvalue weighted by atomic mass is 10.0. The van der Waals surface area contributed by atoms with E-state index in [-0.39, 0.29) is 11.7 Å². The van der Waals surface area contributed by atoms with Crippen molar-refractivity contribution in [1.29, 1.82) is 0 Å². The fraction of sp³-hybridized carbons (Fsp3) is 0.800. The standard InChI is InChI=1S/C10H19N3O2/c1-2-8(9(11)12-15)10(14)13-6-4-3-5-7-13/h8,15H,2-7H2,1H3,(H2,11,12). The second-order valence-electron chi connectivity index (χ2n) is 3.87. The van der Waals surface area contributed by atoms with Gasteiger partial charge in [-0.3, -0.25) is 4.79 Å². The maximum atomic E-state index is 12.0. The van der Waals surface area contributed by atoms with Gasteiger partial charge in [0.05, 0.1) is 5.92 Å². The van der Waals surface area contributed by atoms with Crippen LogP contribution in [0.1, 0.15) is 32.6 Å². The SMILES string of the molecule is CCC(C(=O)N1CCCCC1)C(N)=NO. The van der Waals surface area contributed by atoms with Gasteiger partial charge in [-0.1, -0.05) is 12.1 Å². The van der Waals surface area contributed by atoms with Crippen molar-refractivity contribution in [2.45, 2.75) is 32.6 Å². The highest BCUT2D eigenvalue weighted by Gasteiger charge is 2.27. The molecule has 15 heavy (non-hydrogen) atoms. The predicted molar refractivity (Wildman–Crippen MR) is 57.6 cm³/mol. The fourth-order valence-electron chi connectivity index (χ4n) is 1.91. The number of hydrogen-bond donors (Lipinski definition) is 2. The third-order valence-corrected chi connectivity index (χ3v) is 2.85. The van der Waals surface area contributed by atoms with E-state index < -0.39 is 5.92 Å². The Labute approximate surface area is 89.9 Å². The Morgan fingerprint density at radius 3 is 2.53 bits per heavy atom. The summed E-state index contributed by atoms with van der Waals surface area (Å²) >= 11 is 0. The molecule has 5 heteroatoms. The smallest absolute Gasteiger partial charge is 0.233 e. The summed E-state index contributed by atoms with van der Waals surface area (Å²) in [5, 5.41) is 11.5. The maximum absolute atomic E-state index is 12.0. The predicted octanol–water partition coefficient (Wildman–Crippen LogP) is 0.772. The van der Waals surface area contributed by atoms with E-state index in [0.717, 1.165) is 25.9 Å². The molecule has 0 aliphatic carbocycles. The van der Waals surface area contributed by atoms with Gasteiger partial charge in [0.25, 0.3) is 0 Å². The molecule has 1 aliphatic heterocycles. The number of nitrogens with two attached hydrogens (primary N) is 1. The van der Waals surface area contributed by atoms with Crippen LogP contribution in [0.15, 0.2) is 5.16 Å². The largest absolute Gasteiger partial charge is 0.409 e. The number of piperidine rings is 1. The van der Waals surface area contributed by atoms with Crippen molar-refractivity contribution >= 4 is 11.7 Å². The molecule has 5 nitrogen and oxygen atoms in total. The lowest BCUT2D eigenvalue weighted by Crippen LogP contribution is -2.44. The van der Waals surface area contributed by atoms with E-state index in [1.54, 1.807) is 0 Å². The summed E-state index contributed by atoms with van der Waals surface area (Å²) in [7, 11) is 0. The van der Waals surface area contributed by atoms with Crippen LogP contribution in [-0.2, 0) is 4.79 Å². The van der Waals surface area contributed by atoms with Gasteiger partial charge in [0.2, 0.25) is 5.91 Å². The lowest BCUT2D eigenvalue weighted by molar-refractivity contribution is -0.134. The highest BCUT2D eigenvalue weighted by Crippen LogP contribution is 2.14. The van der Waals surface area contributed by atoms with Crippen LogP contribution in [-0.4, -0.2) is 34.9 Å². The van der Waals surface area contributed by atoms with Crippen molar-refractivity contribution in [3.05, 3.63) is 0 Å². The molecule has 0 aromatic heterocycles. The molecule has 1 heterocycles. The van der Waals surface area contributed by atoms with E-state index >= 15 is 0 Å². The molecule has 0 radical (unpaired) electrons. The highest BCUT2D eigenvalue weighted by atomic mass is 16.4. The fourth-order valence-corrected chi connectivity index (χ4v) is 1.91. The number of nitrogens with zero attached hydrogens (tertiary/aromatic N) is 2. The van der Waals surface area contributed by atoms with E-state index in [4.69, 9.17) is 10.9 Å². The summed E-state index contributed by atoms with van der Waals surface area (Å²) in [6, 6.07) is 0. The second kappa shape index (κ2) is 5.58. The van der Waals surface area contributed by atoms with Gasteiger partial charge in [0.15, 0.2) is 5.84 Å². The van der Waals surface area contributed by atoms with Gasteiger partial charge in [0, 0.05) is 13.1 Å². The number of carbonyl (C=O) groups is 1. The highest BCUT2D eigenvalue weighted by molar-refractivity contribution is 6.02. The monoisotopic (exact) mass is 213 g/mol. The molecule has 0 saturated carbocycles. The normalized spacial score (nSPS) is 20.1. The molecule has 1 amide bonds. The van der Waals surface area contributed by atoms with Crippen molar-refractivity contribution in [3.8, 4) is 0 Å². The first-order valence-electron chi connectivity index (χ1n) is 5.47. The van der Waals surface area contributed by atoms with Crippen LogP contribution >= 0.6 is 0 Å². The number of amidine groups is 1. The molecule has 0 bridgehead atoms. The molecular formula is C10H19N3O2. The van der Waals surface area contributed by atoms with E-state index in [9.17, 15) is 4.79 Å². The molecule has 1 rings (SSSR count). The Kier molecular flexibility index (Phi) is 4.39. The van der Waals surface area contributed by atoms with Crippen LogP contribution in [0.3, 0.4) is 0 Å². The van der Waals surface area contributed by atoms with Gasteiger partial charge in [-0.25, -0.2) is 0 Å². The Hall–Kier alpha value is -1.26. The van der Waals surface area contributed by atoms with Crippen LogP contribution < -0.4 is 5.73 Å². The summed E-state index contributed by atoms with van der Waals surface area (Å²) in [6.45, 7) is 3.46. The molecule has 1 saturated heterocycles. The number of oxime groups is 1. The summed E-state index contributed by atoms with van der Waals surface area (Å²) < 4.78 is 0. The summed E-state index contributed by atoms with van der Waals surface area (Å²) in [6.07, 6.45) is 3.87. The quantitative estimate of drug-likeness (QED) is 0.314. The molecule has 0 aromatic carbocycles. The minimum absolute atomic E-state index is 0.00694. The van der Waals surface area contributed by atoms with Gasteiger partial charge < -0.3 is 15.8 Å². The Bertz CT molecular complexity index is 247. The Morgan fingerprint density at radius 2 is 2.07 bits per heavy atom. The van der Waals surface area contributed by atoms with Crippen LogP contribution in [0.4, 0.5) is 0 Å².